The van der Waals surface area contributed by atoms with Crippen molar-refractivity contribution in [2.45, 2.75) is 26.2 Å². The molecule has 0 radical (unpaired) electrons. The van der Waals surface area contributed by atoms with E-state index >= 15 is 0 Å². The number of hydrogen-bond acceptors (Lipinski definition) is 2. The van der Waals surface area contributed by atoms with Crippen LogP contribution in [-0.2, 0) is 0 Å². The Hall–Kier alpha value is -0.920. The van der Waals surface area contributed by atoms with Gasteiger partial charge in [-0.15, -0.1) is 0 Å². The minimum atomic E-state index is 0.989. The van der Waals surface area contributed by atoms with Crippen LogP contribution in [0.1, 0.15) is 26.2 Å². The van der Waals surface area contributed by atoms with Gasteiger partial charge in [-0.2, -0.15) is 0 Å². The number of aliphatic imine (C=N–C) groups is 2. The molecule has 0 aromatic heterocycles. The quantitative estimate of drug-likeness (QED) is 0.539. The van der Waals surface area contributed by atoms with E-state index in [2.05, 4.69) is 23.0 Å². The fraction of sp³-hybridized carbons (Fsp3) is 0.556. The van der Waals surface area contributed by atoms with E-state index in [1.807, 2.05) is 13.2 Å². The van der Waals surface area contributed by atoms with Crippen molar-refractivity contribution in [1.82, 2.24) is 0 Å². The molecule has 2 nitrogen and oxygen atoms in total. The molecule has 0 saturated heterocycles. The first kappa shape index (κ1) is 8.18. The van der Waals surface area contributed by atoms with Crippen molar-refractivity contribution in [2.75, 3.05) is 7.05 Å². The van der Waals surface area contributed by atoms with Gasteiger partial charge in [-0.05, 0) is 19.3 Å². The topological polar surface area (TPSA) is 24.7 Å². The molecule has 11 heavy (non-hydrogen) atoms. The Balaban J connectivity index is 2.72. The first-order valence-electron chi connectivity index (χ1n) is 4.06. The molecule has 0 atom stereocenters. The number of rotatable bonds is 2. The van der Waals surface area contributed by atoms with Gasteiger partial charge in [-0.3, -0.25) is 9.98 Å². The normalized spacial score (nSPS) is 18.4. The zero-order valence-corrected chi connectivity index (χ0v) is 7.17. The van der Waals surface area contributed by atoms with E-state index in [-0.39, 0.29) is 0 Å². The molecule has 60 valence electrons. The third-order valence-corrected chi connectivity index (χ3v) is 1.82. The van der Waals surface area contributed by atoms with Crippen LogP contribution in [0.2, 0.25) is 0 Å². The summed E-state index contributed by atoms with van der Waals surface area (Å²) in [5.74, 6) is 0. The molecule has 0 amide bonds. The lowest BCUT2D eigenvalue weighted by molar-refractivity contribution is 1.06. The summed E-state index contributed by atoms with van der Waals surface area (Å²) >= 11 is 0. The van der Waals surface area contributed by atoms with Gasteiger partial charge in [0.25, 0.3) is 0 Å². The molecule has 0 saturated carbocycles. The maximum absolute atomic E-state index is 4.28. The molecule has 0 unspecified atom stereocenters. The molecule has 0 bridgehead atoms. The molecule has 1 aliphatic heterocycles. The van der Waals surface area contributed by atoms with Gasteiger partial charge >= 0.3 is 0 Å². The molecule has 0 aliphatic carbocycles. The van der Waals surface area contributed by atoms with Crippen molar-refractivity contribution in [3.8, 4) is 0 Å². The lowest BCUT2D eigenvalue weighted by atomic mass is 10.1. The average molecular weight is 150 g/mol. The summed E-state index contributed by atoms with van der Waals surface area (Å²) in [7, 11) is 1.83. The van der Waals surface area contributed by atoms with Gasteiger partial charge in [-0.25, -0.2) is 0 Å². The second-order valence-corrected chi connectivity index (χ2v) is 2.52. The lowest BCUT2D eigenvalue weighted by Gasteiger charge is -2.07. The second kappa shape index (κ2) is 4.06. The maximum atomic E-state index is 4.28. The van der Waals surface area contributed by atoms with Gasteiger partial charge in [0.1, 0.15) is 0 Å². The molecule has 1 heterocycles. The first-order chi connectivity index (χ1) is 5.38. The van der Waals surface area contributed by atoms with E-state index in [9.17, 15) is 0 Å². The van der Waals surface area contributed by atoms with Crippen molar-refractivity contribution in [2.24, 2.45) is 9.98 Å². The van der Waals surface area contributed by atoms with E-state index in [1.54, 1.807) is 0 Å². The van der Waals surface area contributed by atoms with Crippen molar-refractivity contribution in [1.29, 1.82) is 0 Å². The van der Waals surface area contributed by atoms with Crippen LogP contribution in [0.4, 0.5) is 0 Å². The Labute approximate surface area is 67.8 Å². The fourth-order valence-electron chi connectivity index (χ4n) is 1.21. The van der Waals surface area contributed by atoms with Gasteiger partial charge in [0.05, 0.1) is 11.4 Å². The molecule has 2 heteroatoms. The summed E-state index contributed by atoms with van der Waals surface area (Å²) in [4.78, 5) is 8.46. The van der Waals surface area contributed by atoms with Crippen LogP contribution >= 0.6 is 0 Å². The highest BCUT2D eigenvalue weighted by atomic mass is 14.8. The second-order valence-electron chi connectivity index (χ2n) is 2.52. The monoisotopic (exact) mass is 150 g/mol. The summed E-state index contributed by atoms with van der Waals surface area (Å²) in [5.41, 5.74) is 2.31. The minimum absolute atomic E-state index is 0.989. The molecule has 1 rings (SSSR count). The summed E-state index contributed by atoms with van der Waals surface area (Å²) in [5, 5.41) is 0. The lowest BCUT2D eigenvalue weighted by Crippen LogP contribution is -2.13. The average Bonchev–Trinajstić information content (AvgIpc) is 2.09. The highest BCUT2D eigenvalue weighted by Crippen LogP contribution is 2.05. The Morgan fingerprint density at radius 3 is 3.00 bits per heavy atom. The number of hydrogen-bond donors (Lipinski definition) is 0. The van der Waals surface area contributed by atoms with Crippen LogP contribution in [-0.4, -0.2) is 18.5 Å². The zero-order chi connectivity index (χ0) is 8.10. The van der Waals surface area contributed by atoms with Crippen molar-refractivity contribution >= 4 is 11.4 Å². The third kappa shape index (κ3) is 2.00. The molecule has 0 N–H and O–H groups in total. The van der Waals surface area contributed by atoms with Crippen LogP contribution < -0.4 is 0 Å². The van der Waals surface area contributed by atoms with E-state index in [0.29, 0.717) is 0 Å². The molecular formula is C9H14N2. The third-order valence-electron chi connectivity index (χ3n) is 1.82. The van der Waals surface area contributed by atoms with Crippen LogP contribution in [0.3, 0.4) is 0 Å². The smallest absolute Gasteiger partial charge is 0.0616 e. The molecular weight excluding hydrogens is 136 g/mol. The first-order valence-corrected chi connectivity index (χ1v) is 4.06. The van der Waals surface area contributed by atoms with Crippen LogP contribution in [0, 0.1) is 0 Å². The fourth-order valence-corrected chi connectivity index (χ4v) is 1.21. The van der Waals surface area contributed by atoms with Crippen LogP contribution in [0.5, 0.6) is 0 Å². The summed E-state index contributed by atoms with van der Waals surface area (Å²) < 4.78 is 0. The van der Waals surface area contributed by atoms with Crippen molar-refractivity contribution in [3.05, 3.63) is 12.3 Å². The summed E-state index contributed by atoms with van der Waals surface area (Å²) in [6, 6.07) is 0. The standard InChI is InChI=1S/C9H14N2/c1-3-8(10-2)9-6-4-5-7-11-9/h5,7H,3-4,6H2,1-2H3. The van der Waals surface area contributed by atoms with E-state index in [0.717, 1.165) is 30.7 Å². The van der Waals surface area contributed by atoms with Gasteiger partial charge in [0.2, 0.25) is 0 Å². The molecule has 0 fully saturated rings. The number of allylic oxidation sites excluding steroid dienone is 1. The Morgan fingerprint density at radius 2 is 2.55 bits per heavy atom. The van der Waals surface area contributed by atoms with Crippen LogP contribution in [0.25, 0.3) is 0 Å². The SMILES string of the molecule is CCC(=NC)C1=NC=CCC1. The van der Waals surface area contributed by atoms with Crippen molar-refractivity contribution < 1.29 is 0 Å². The Morgan fingerprint density at radius 1 is 1.73 bits per heavy atom. The summed E-state index contributed by atoms with van der Waals surface area (Å²) in [6.07, 6.45) is 7.12. The number of nitrogens with zero attached hydrogens (tertiary/aromatic N) is 2. The minimum Gasteiger partial charge on any atom is -0.291 e. The van der Waals surface area contributed by atoms with E-state index in [1.165, 1.54) is 0 Å². The van der Waals surface area contributed by atoms with Crippen molar-refractivity contribution in [3.63, 3.8) is 0 Å². The molecule has 0 aromatic carbocycles. The van der Waals surface area contributed by atoms with E-state index < -0.39 is 0 Å². The van der Waals surface area contributed by atoms with Gasteiger partial charge in [0, 0.05) is 13.2 Å². The highest BCUT2D eigenvalue weighted by Gasteiger charge is 2.06. The Kier molecular flexibility index (Phi) is 3.02. The maximum Gasteiger partial charge on any atom is 0.0616 e. The Bertz CT molecular complexity index is 212. The van der Waals surface area contributed by atoms with Gasteiger partial charge in [-0.1, -0.05) is 13.0 Å². The van der Waals surface area contributed by atoms with Gasteiger partial charge < -0.3 is 0 Å². The largest absolute Gasteiger partial charge is 0.291 e. The van der Waals surface area contributed by atoms with Crippen LogP contribution in [0.15, 0.2) is 22.3 Å². The zero-order valence-electron chi connectivity index (χ0n) is 7.17. The van der Waals surface area contributed by atoms with Gasteiger partial charge in [0.15, 0.2) is 0 Å². The van der Waals surface area contributed by atoms with E-state index in [4.69, 9.17) is 0 Å². The molecule has 1 aliphatic rings. The summed E-state index contributed by atoms with van der Waals surface area (Å²) in [6.45, 7) is 2.11. The highest BCUT2D eigenvalue weighted by molar-refractivity contribution is 6.42. The predicted molar refractivity (Wildman–Crippen MR) is 49.5 cm³/mol. The molecule has 0 spiro atoms. The predicted octanol–water partition coefficient (Wildman–Crippen LogP) is 2.22. The molecule has 0 aromatic rings.